The van der Waals surface area contributed by atoms with Crippen LogP contribution in [0.3, 0.4) is 0 Å². The fraction of sp³-hybridized carbons (Fsp3) is 0.480. The summed E-state index contributed by atoms with van der Waals surface area (Å²) in [5.41, 5.74) is 3.39. The van der Waals surface area contributed by atoms with Gasteiger partial charge in [-0.1, -0.05) is 41.1 Å². The van der Waals surface area contributed by atoms with Crippen LogP contribution in [0.1, 0.15) is 59.2 Å². The van der Waals surface area contributed by atoms with Crippen LogP contribution in [-0.4, -0.2) is 48.8 Å². The van der Waals surface area contributed by atoms with Crippen molar-refractivity contribution in [3.05, 3.63) is 57.6 Å². The molecule has 0 aromatic heterocycles. The summed E-state index contributed by atoms with van der Waals surface area (Å²) in [5.74, 6) is -0.464. The molecule has 32 heavy (non-hydrogen) atoms. The summed E-state index contributed by atoms with van der Waals surface area (Å²) in [6, 6.07) is 1.89. The normalized spacial score (nSPS) is 20.9. The number of fused-ring (bicyclic) bond motifs is 1. The SMILES string of the molecule is Cc1cc(C)c2c(c1Cl)CC(=N\OCC(=O)N1CCCCC1)/C=C/CC/C=C/COC2=O. The number of oxime groups is 1. The fourth-order valence-electron chi connectivity index (χ4n) is 4.00. The number of cyclic esters (lactones) is 1. The summed E-state index contributed by atoms with van der Waals surface area (Å²) in [4.78, 5) is 32.5. The van der Waals surface area contributed by atoms with Crippen LogP contribution in [0.4, 0.5) is 0 Å². The maximum absolute atomic E-state index is 12.8. The summed E-state index contributed by atoms with van der Waals surface area (Å²) in [7, 11) is 0. The van der Waals surface area contributed by atoms with Gasteiger partial charge in [0.1, 0.15) is 6.61 Å². The molecule has 0 bridgehead atoms. The number of piperidine rings is 1. The molecule has 172 valence electrons. The summed E-state index contributed by atoms with van der Waals surface area (Å²) in [6.07, 6.45) is 12.9. The van der Waals surface area contributed by atoms with Gasteiger partial charge in [0.15, 0.2) is 6.61 Å². The number of allylic oxidation sites excluding steroid dienone is 3. The molecule has 0 radical (unpaired) electrons. The molecule has 2 aliphatic heterocycles. The standard InChI is InChI=1S/C25H31ClN2O4/c1-18-15-19(2)24(26)21-16-20(27-32-17-22(29)28-12-8-6-9-13-28)11-7-4-3-5-10-14-31-25(30)23(18)21/h5,7,10-11,15H,3-4,6,8-9,12-14,16-17H2,1-2H3/b10-5+,11-7+,27-20-. The quantitative estimate of drug-likeness (QED) is 0.365. The molecule has 6 nitrogen and oxygen atoms in total. The van der Waals surface area contributed by atoms with Crippen LogP contribution in [0.25, 0.3) is 0 Å². The van der Waals surface area contributed by atoms with E-state index in [4.69, 9.17) is 21.2 Å². The minimum absolute atomic E-state index is 0.0542. The predicted octanol–water partition coefficient (Wildman–Crippen LogP) is 4.95. The number of nitrogens with zero attached hydrogens (tertiary/aromatic N) is 2. The van der Waals surface area contributed by atoms with Gasteiger partial charge in [0.2, 0.25) is 0 Å². The van der Waals surface area contributed by atoms with Gasteiger partial charge in [-0.05, 0) is 68.7 Å². The van der Waals surface area contributed by atoms with Crippen molar-refractivity contribution in [3.8, 4) is 0 Å². The van der Waals surface area contributed by atoms with Crippen molar-refractivity contribution < 1.29 is 19.2 Å². The first-order valence-corrected chi connectivity index (χ1v) is 11.6. The Kier molecular flexibility index (Phi) is 8.91. The molecule has 3 rings (SSSR count). The van der Waals surface area contributed by atoms with Gasteiger partial charge < -0.3 is 14.5 Å². The molecule has 2 heterocycles. The average molecular weight is 459 g/mol. The number of aryl methyl sites for hydroxylation is 2. The third-order valence-electron chi connectivity index (χ3n) is 5.67. The third kappa shape index (κ3) is 6.45. The van der Waals surface area contributed by atoms with E-state index in [1.54, 1.807) is 0 Å². The number of carbonyl (C=O) groups is 2. The highest BCUT2D eigenvalue weighted by Gasteiger charge is 2.22. The third-order valence-corrected chi connectivity index (χ3v) is 6.19. The van der Waals surface area contributed by atoms with Crippen molar-refractivity contribution in [2.45, 2.75) is 52.4 Å². The molecule has 0 aliphatic carbocycles. The molecular formula is C25H31ClN2O4. The van der Waals surface area contributed by atoms with Gasteiger partial charge in [-0.2, -0.15) is 0 Å². The Balaban J connectivity index is 1.85. The highest BCUT2D eigenvalue weighted by atomic mass is 35.5. The average Bonchev–Trinajstić information content (AvgIpc) is 2.80. The Hall–Kier alpha value is -2.60. The van der Waals surface area contributed by atoms with Crippen molar-refractivity contribution in [2.75, 3.05) is 26.3 Å². The first kappa shape index (κ1) is 24.1. The van der Waals surface area contributed by atoms with Gasteiger partial charge in [-0.15, -0.1) is 0 Å². The Bertz CT molecular complexity index is 930. The summed E-state index contributed by atoms with van der Waals surface area (Å²) < 4.78 is 5.45. The number of halogens is 1. The van der Waals surface area contributed by atoms with Gasteiger partial charge in [0.05, 0.1) is 11.3 Å². The maximum atomic E-state index is 12.8. The molecule has 1 fully saturated rings. The minimum Gasteiger partial charge on any atom is -0.458 e. The lowest BCUT2D eigenvalue weighted by Gasteiger charge is -2.26. The van der Waals surface area contributed by atoms with Crippen LogP contribution in [0.5, 0.6) is 0 Å². The lowest BCUT2D eigenvalue weighted by Crippen LogP contribution is -2.37. The van der Waals surface area contributed by atoms with Crippen molar-refractivity contribution in [2.24, 2.45) is 5.16 Å². The highest BCUT2D eigenvalue weighted by Crippen LogP contribution is 2.29. The van der Waals surface area contributed by atoms with Crippen LogP contribution >= 0.6 is 11.6 Å². The maximum Gasteiger partial charge on any atom is 0.339 e. The minimum atomic E-state index is -0.409. The summed E-state index contributed by atoms with van der Waals surface area (Å²) >= 11 is 6.62. The van der Waals surface area contributed by atoms with E-state index in [0.717, 1.165) is 56.3 Å². The number of hydrogen-bond acceptors (Lipinski definition) is 5. The molecular weight excluding hydrogens is 428 g/mol. The monoisotopic (exact) mass is 458 g/mol. The van der Waals surface area contributed by atoms with Crippen LogP contribution in [0.2, 0.25) is 5.02 Å². The first-order chi connectivity index (χ1) is 15.5. The Morgan fingerprint density at radius 2 is 1.88 bits per heavy atom. The molecule has 0 unspecified atom stereocenters. The molecule has 7 heteroatoms. The number of rotatable bonds is 3. The first-order valence-electron chi connectivity index (χ1n) is 11.2. The summed E-state index contributed by atoms with van der Waals surface area (Å²) in [5, 5.41) is 4.76. The van der Waals surface area contributed by atoms with E-state index in [2.05, 4.69) is 5.16 Å². The molecule has 0 atom stereocenters. The number of hydrogen-bond donors (Lipinski definition) is 0. The Morgan fingerprint density at radius 1 is 1.12 bits per heavy atom. The van der Waals surface area contributed by atoms with Gasteiger partial charge in [0.25, 0.3) is 5.91 Å². The van der Waals surface area contributed by atoms with E-state index in [1.807, 2.05) is 49.1 Å². The van der Waals surface area contributed by atoms with Crippen LogP contribution in [-0.2, 0) is 20.8 Å². The molecule has 1 amide bonds. The van der Waals surface area contributed by atoms with E-state index >= 15 is 0 Å². The zero-order chi connectivity index (χ0) is 22.9. The zero-order valence-electron chi connectivity index (χ0n) is 18.9. The summed E-state index contributed by atoms with van der Waals surface area (Å²) in [6.45, 7) is 5.44. The molecule has 0 N–H and O–H groups in total. The molecule has 2 aliphatic rings. The highest BCUT2D eigenvalue weighted by molar-refractivity contribution is 6.33. The van der Waals surface area contributed by atoms with Crippen LogP contribution in [0.15, 0.2) is 35.5 Å². The second-order valence-corrected chi connectivity index (χ2v) is 8.58. The predicted molar refractivity (Wildman–Crippen MR) is 126 cm³/mol. The van der Waals surface area contributed by atoms with Crippen molar-refractivity contribution >= 4 is 29.2 Å². The van der Waals surface area contributed by atoms with Gasteiger partial charge in [-0.3, -0.25) is 4.79 Å². The number of esters is 1. The van der Waals surface area contributed by atoms with Crippen LogP contribution in [0, 0.1) is 13.8 Å². The smallest absolute Gasteiger partial charge is 0.339 e. The molecule has 1 saturated heterocycles. The topological polar surface area (TPSA) is 68.2 Å². The lowest BCUT2D eigenvalue weighted by atomic mass is 9.94. The zero-order valence-corrected chi connectivity index (χ0v) is 19.6. The van der Waals surface area contributed by atoms with Gasteiger partial charge in [0, 0.05) is 24.5 Å². The van der Waals surface area contributed by atoms with Gasteiger partial charge in [-0.25, -0.2) is 4.79 Å². The molecule has 0 saturated carbocycles. The van der Waals surface area contributed by atoms with Crippen molar-refractivity contribution in [3.63, 3.8) is 0 Å². The van der Waals surface area contributed by atoms with Crippen LogP contribution < -0.4 is 0 Å². The number of amides is 1. The van der Waals surface area contributed by atoms with Crippen molar-refractivity contribution in [1.82, 2.24) is 4.90 Å². The molecule has 0 spiro atoms. The van der Waals surface area contributed by atoms with E-state index in [9.17, 15) is 9.59 Å². The number of likely N-dealkylation sites (tertiary alicyclic amines) is 1. The largest absolute Gasteiger partial charge is 0.458 e. The Morgan fingerprint density at radius 3 is 2.66 bits per heavy atom. The number of benzene rings is 1. The lowest BCUT2D eigenvalue weighted by molar-refractivity contribution is -0.137. The second-order valence-electron chi connectivity index (χ2n) is 8.20. The second kappa shape index (κ2) is 11.9. The van der Waals surface area contributed by atoms with E-state index in [-0.39, 0.29) is 19.1 Å². The molecule has 1 aromatic carbocycles. The van der Waals surface area contributed by atoms with Crippen molar-refractivity contribution in [1.29, 1.82) is 0 Å². The van der Waals surface area contributed by atoms with E-state index < -0.39 is 5.97 Å². The van der Waals surface area contributed by atoms with Gasteiger partial charge >= 0.3 is 5.97 Å². The van der Waals surface area contributed by atoms with E-state index in [0.29, 0.717) is 28.3 Å². The number of ether oxygens (including phenoxy) is 1. The fourth-order valence-corrected chi connectivity index (χ4v) is 4.21. The van der Waals surface area contributed by atoms with E-state index in [1.165, 1.54) is 0 Å². The number of carbonyl (C=O) groups excluding carboxylic acids is 2. The Labute approximate surface area is 194 Å². The molecule has 1 aromatic rings.